The maximum Gasteiger partial charge on any atom is 0.329 e. The third kappa shape index (κ3) is 20.4. The third-order valence-electron chi connectivity index (χ3n) is 15.4. The van der Waals surface area contributed by atoms with Gasteiger partial charge in [0, 0.05) is 41.0 Å². The van der Waals surface area contributed by atoms with Crippen LogP contribution in [0.3, 0.4) is 0 Å². The molecule has 16 nitrogen and oxygen atoms in total. The molecule has 1 heterocycles. The zero-order valence-corrected chi connectivity index (χ0v) is 50.2. The first-order valence-corrected chi connectivity index (χ1v) is 29.3. The molecule has 0 radical (unpaired) electrons. The van der Waals surface area contributed by atoms with Gasteiger partial charge in [-0.3, -0.25) is 19.2 Å². The Bertz CT molecular complexity index is 2280. The summed E-state index contributed by atoms with van der Waals surface area (Å²) in [5, 5.41) is 0. The number of carbonyl (C=O) groups excluding carboxylic acids is 8. The van der Waals surface area contributed by atoms with Gasteiger partial charge < -0.3 is 38.5 Å². The van der Waals surface area contributed by atoms with Gasteiger partial charge >= 0.3 is 23.9 Å². The van der Waals surface area contributed by atoms with Crippen LogP contribution in [0.4, 0.5) is 0 Å². The molecule has 8 atom stereocenters. The minimum absolute atomic E-state index is 0.0646. The number of rotatable bonds is 14. The molecule has 79 heavy (non-hydrogen) atoms. The Morgan fingerprint density at radius 3 is 0.987 bits per heavy atom. The lowest BCUT2D eigenvalue weighted by Crippen LogP contribution is -2.55. The van der Waals surface area contributed by atoms with Crippen molar-refractivity contribution < 1.29 is 57.3 Å². The predicted octanol–water partition coefficient (Wildman–Crippen LogP) is 9.35. The Hall–Kier alpha value is -5.80. The van der Waals surface area contributed by atoms with Crippen LogP contribution in [0.25, 0.3) is 0 Å². The van der Waals surface area contributed by atoms with Gasteiger partial charge in [0.15, 0.2) is 24.4 Å². The second kappa shape index (κ2) is 31.8. The zero-order valence-electron chi connectivity index (χ0n) is 50.2. The van der Waals surface area contributed by atoms with Crippen molar-refractivity contribution in [2.45, 2.75) is 221 Å². The van der Waals surface area contributed by atoms with E-state index in [-0.39, 0.29) is 62.2 Å². The highest BCUT2D eigenvalue weighted by Gasteiger charge is 2.43. The Morgan fingerprint density at radius 1 is 0.380 bits per heavy atom. The molecule has 0 spiro atoms. The molecule has 4 amide bonds. The van der Waals surface area contributed by atoms with Gasteiger partial charge in [0.2, 0.25) is 0 Å². The fourth-order valence-corrected chi connectivity index (χ4v) is 10.8. The lowest BCUT2D eigenvalue weighted by Gasteiger charge is -2.35. The van der Waals surface area contributed by atoms with Crippen molar-refractivity contribution in [3.05, 3.63) is 71.3 Å². The quantitative estimate of drug-likeness (QED) is 0.129. The number of amides is 4. The first-order chi connectivity index (χ1) is 37.3. The molecule has 0 N–H and O–H groups in total. The lowest BCUT2D eigenvalue weighted by molar-refractivity contribution is -0.176. The number of cyclic esters (lactones) is 4. The Labute approximate surface area is 472 Å². The number of carbonyl (C=O) groups is 8. The van der Waals surface area contributed by atoms with Crippen LogP contribution in [0.15, 0.2) is 54.6 Å². The molecule has 2 aliphatic rings. The van der Waals surface area contributed by atoms with Gasteiger partial charge in [-0.05, 0) is 92.2 Å². The Balaban J connectivity index is 1.83. The minimum atomic E-state index is -1.48. The third-order valence-corrected chi connectivity index (χ3v) is 15.4. The van der Waals surface area contributed by atoms with Gasteiger partial charge in [-0.25, -0.2) is 19.2 Å². The summed E-state index contributed by atoms with van der Waals surface area (Å²) >= 11 is 0. The molecule has 0 aromatic heterocycles. The van der Waals surface area contributed by atoms with Gasteiger partial charge in [-0.2, -0.15) is 0 Å². The number of ether oxygens (including phenoxy) is 4. The maximum atomic E-state index is 15.1. The SMILES string of the molecule is CC(C)CC1C(=O)O[C@H](Cc2ccc(CC3CCCCCCCCC3)cc2)C(=O)N(C)[C@@H](CC(C)C)C(=O)O[C@H](C)C(=O)N(C)[C@@H](CC(C)C)C(=O)O[C@H](Cc2ccccc2)C(=O)N(C)[C@@H](CC(C)C)C(=O)O[C@H](C)C(=O)N1C. The second-order valence-corrected chi connectivity index (χ2v) is 24.2. The number of nitrogens with zero attached hydrogens (tertiary/aromatic N) is 4. The van der Waals surface area contributed by atoms with Crippen molar-refractivity contribution >= 4 is 47.5 Å². The summed E-state index contributed by atoms with van der Waals surface area (Å²) in [5.74, 6) is -6.47. The monoisotopic (exact) mass is 1100 g/mol. The van der Waals surface area contributed by atoms with Crippen molar-refractivity contribution in [3.63, 3.8) is 0 Å². The number of benzene rings is 2. The van der Waals surface area contributed by atoms with Crippen LogP contribution in [0.2, 0.25) is 0 Å². The highest BCUT2D eigenvalue weighted by Crippen LogP contribution is 2.27. The molecule has 16 heteroatoms. The molecule has 1 saturated heterocycles. The van der Waals surface area contributed by atoms with E-state index in [9.17, 15) is 33.6 Å². The number of hydrogen-bond donors (Lipinski definition) is 0. The average molecular weight is 1100 g/mol. The van der Waals surface area contributed by atoms with Gasteiger partial charge in [-0.15, -0.1) is 0 Å². The summed E-state index contributed by atoms with van der Waals surface area (Å²) in [6.45, 7) is 17.7. The molecule has 2 aromatic carbocycles. The van der Waals surface area contributed by atoms with E-state index < -0.39 is 96.1 Å². The van der Waals surface area contributed by atoms with Crippen LogP contribution >= 0.6 is 0 Å². The topological polar surface area (TPSA) is 186 Å². The largest absolute Gasteiger partial charge is 0.451 e. The highest BCUT2D eigenvalue weighted by atomic mass is 16.6. The average Bonchev–Trinajstić information content (AvgIpc) is 3.40. The normalized spacial score (nSPS) is 25.4. The molecule has 2 aromatic rings. The van der Waals surface area contributed by atoms with Crippen molar-refractivity contribution in [2.75, 3.05) is 28.2 Å². The summed E-state index contributed by atoms with van der Waals surface area (Å²) in [6.07, 6.45) is 6.58. The zero-order chi connectivity index (χ0) is 58.7. The highest BCUT2D eigenvalue weighted by molar-refractivity contribution is 5.94. The van der Waals surface area contributed by atoms with Crippen LogP contribution < -0.4 is 0 Å². The number of esters is 4. The molecule has 1 aliphatic carbocycles. The summed E-state index contributed by atoms with van der Waals surface area (Å²) in [4.78, 5) is 122. The predicted molar refractivity (Wildman–Crippen MR) is 304 cm³/mol. The first kappa shape index (κ1) is 65.7. The van der Waals surface area contributed by atoms with Gasteiger partial charge in [-0.1, -0.05) is 168 Å². The van der Waals surface area contributed by atoms with E-state index in [1.807, 2.05) is 67.5 Å². The smallest absolute Gasteiger partial charge is 0.329 e. The molecular formula is C63H96N4O12. The summed E-state index contributed by atoms with van der Waals surface area (Å²) in [5.41, 5.74) is 2.54. The van der Waals surface area contributed by atoms with Crippen molar-refractivity contribution in [2.24, 2.45) is 29.6 Å². The lowest BCUT2D eigenvalue weighted by atomic mass is 9.87. The fourth-order valence-electron chi connectivity index (χ4n) is 10.8. The van der Waals surface area contributed by atoms with E-state index in [1.54, 1.807) is 30.3 Å². The Morgan fingerprint density at radius 2 is 0.658 bits per heavy atom. The molecule has 4 rings (SSSR count). The van der Waals surface area contributed by atoms with E-state index >= 15 is 4.79 Å². The van der Waals surface area contributed by atoms with Crippen LogP contribution in [0.1, 0.15) is 169 Å². The van der Waals surface area contributed by atoms with E-state index in [0.29, 0.717) is 17.0 Å². The summed E-state index contributed by atoms with van der Waals surface area (Å²) in [7, 11) is 5.66. The molecule has 440 valence electrons. The van der Waals surface area contributed by atoms with Crippen LogP contribution in [-0.2, 0) is 76.6 Å². The molecule has 0 bridgehead atoms. The Kier molecular flexibility index (Phi) is 26.5. The van der Waals surface area contributed by atoms with Crippen LogP contribution in [0, 0.1) is 29.6 Å². The van der Waals surface area contributed by atoms with E-state index in [0.717, 1.165) is 11.3 Å². The van der Waals surface area contributed by atoms with Crippen molar-refractivity contribution in [1.29, 1.82) is 0 Å². The van der Waals surface area contributed by atoms with Crippen molar-refractivity contribution in [1.82, 2.24) is 19.6 Å². The van der Waals surface area contributed by atoms with Gasteiger partial charge in [0.25, 0.3) is 23.6 Å². The van der Waals surface area contributed by atoms with Gasteiger partial charge in [0.1, 0.15) is 24.2 Å². The number of likely N-dealkylation sites (N-methyl/N-ethyl adjacent to an activating group) is 4. The number of hydrogen-bond acceptors (Lipinski definition) is 12. The molecular weight excluding hydrogens is 1000 g/mol. The van der Waals surface area contributed by atoms with E-state index in [1.165, 1.54) is 120 Å². The van der Waals surface area contributed by atoms with Crippen LogP contribution in [0.5, 0.6) is 0 Å². The van der Waals surface area contributed by atoms with Crippen LogP contribution in [-0.4, -0.2) is 144 Å². The van der Waals surface area contributed by atoms with E-state index in [4.69, 9.17) is 18.9 Å². The maximum absolute atomic E-state index is 15.1. The minimum Gasteiger partial charge on any atom is -0.451 e. The fraction of sp³-hybridized carbons (Fsp3) is 0.683. The standard InChI is InChI=1S/C63H96N4O12/c1-40(2)33-50-60(72)76-45(10)57(69)65(12)53(36-43(7)8)63(75)79-55(39-49-31-29-48(30-32-49)37-46-25-21-18-16-15-17-19-22-26-46)59(71)67(14)51(34-41(3)4)61(73)77-44(9)56(68)64(11)52(35-42(5)6)62(74)78-54(58(70)66(50)13)38-47-27-23-20-24-28-47/h20,23-24,27-32,40-46,50-55H,15-19,21-22,25-26,33-39H2,1-14H3/t44-,45-,50+,51+,52+,53?,54-,55-/m1/s1. The first-order valence-electron chi connectivity index (χ1n) is 29.3. The summed E-state index contributed by atoms with van der Waals surface area (Å²) in [6, 6.07) is 11.9. The molecule has 1 saturated carbocycles. The summed E-state index contributed by atoms with van der Waals surface area (Å²) < 4.78 is 24.2. The molecule has 1 unspecified atom stereocenters. The molecule has 1 aliphatic heterocycles. The van der Waals surface area contributed by atoms with Gasteiger partial charge in [0.05, 0.1) is 0 Å². The molecule has 2 fully saturated rings. The second-order valence-electron chi connectivity index (χ2n) is 24.2. The van der Waals surface area contributed by atoms with E-state index in [2.05, 4.69) is 12.1 Å². The van der Waals surface area contributed by atoms with Crippen molar-refractivity contribution in [3.8, 4) is 0 Å².